The first-order valence-electron chi connectivity index (χ1n) is 10.0. The van der Waals surface area contributed by atoms with E-state index in [1.807, 2.05) is 24.3 Å². The largest absolute Gasteiger partial charge is 0.494 e. The summed E-state index contributed by atoms with van der Waals surface area (Å²) in [5.41, 5.74) is 4.03. The Morgan fingerprint density at radius 3 is 2.78 bits per heavy atom. The molecule has 144 valence electrons. The van der Waals surface area contributed by atoms with Crippen LogP contribution in [-0.2, 0) is 11.2 Å². The first-order chi connectivity index (χ1) is 13.2. The molecular formula is C23H30N2O2. The molecule has 1 aliphatic heterocycles. The number of hydrogen-bond acceptors (Lipinski definition) is 3. The maximum atomic E-state index is 12.0. The molecule has 0 bridgehead atoms. The van der Waals surface area contributed by atoms with Crippen molar-refractivity contribution in [3.63, 3.8) is 0 Å². The van der Waals surface area contributed by atoms with Gasteiger partial charge < -0.3 is 15.0 Å². The van der Waals surface area contributed by atoms with Gasteiger partial charge in [-0.2, -0.15) is 0 Å². The molecule has 3 rings (SSSR count). The molecule has 1 heterocycles. The van der Waals surface area contributed by atoms with Crippen molar-refractivity contribution in [3.05, 3.63) is 59.7 Å². The number of hydrogen-bond donors (Lipinski definition) is 1. The molecule has 0 atom stereocenters. The van der Waals surface area contributed by atoms with E-state index >= 15 is 0 Å². The minimum absolute atomic E-state index is 0.113. The number of carbonyl (C=O) groups is 1. The van der Waals surface area contributed by atoms with E-state index in [9.17, 15) is 4.79 Å². The smallest absolute Gasteiger partial charge is 0.220 e. The summed E-state index contributed by atoms with van der Waals surface area (Å²) < 4.78 is 5.66. The van der Waals surface area contributed by atoms with Crippen LogP contribution in [0.1, 0.15) is 36.8 Å². The fourth-order valence-corrected chi connectivity index (χ4v) is 3.49. The van der Waals surface area contributed by atoms with E-state index in [0.29, 0.717) is 13.0 Å². The number of nitrogens with zero attached hydrogens (tertiary/aromatic N) is 1. The number of anilines is 1. The van der Waals surface area contributed by atoms with Crippen molar-refractivity contribution in [3.8, 4) is 5.75 Å². The number of carbonyl (C=O) groups excluding carboxylic acids is 1. The van der Waals surface area contributed by atoms with Crippen LogP contribution in [-0.4, -0.2) is 32.1 Å². The van der Waals surface area contributed by atoms with Gasteiger partial charge in [0, 0.05) is 31.7 Å². The van der Waals surface area contributed by atoms with Crippen molar-refractivity contribution in [1.29, 1.82) is 0 Å². The maximum Gasteiger partial charge on any atom is 0.220 e. The summed E-state index contributed by atoms with van der Waals surface area (Å²) >= 11 is 0. The van der Waals surface area contributed by atoms with Crippen LogP contribution in [0.4, 0.5) is 5.69 Å². The minimum atomic E-state index is 0.113. The Hall–Kier alpha value is -2.49. The minimum Gasteiger partial charge on any atom is -0.494 e. The summed E-state index contributed by atoms with van der Waals surface area (Å²) in [6, 6.07) is 16.7. The number of aryl methyl sites for hydroxylation is 2. The second-order valence-corrected chi connectivity index (χ2v) is 7.19. The Bertz CT molecular complexity index is 727. The number of ether oxygens (including phenoxy) is 1. The molecule has 1 amide bonds. The van der Waals surface area contributed by atoms with Crippen LogP contribution in [0.3, 0.4) is 0 Å². The van der Waals surface area contributed by atoms with Crippen LogP contribution in [0.25, 0.3) is 0 Å². The molecular weight excluding hydrogens is 336 g/mol. The van der Waals surface area contributed by atoms with Crippen LogP contribution in [0, 0.1) is 6.92 Å². The van der Waals surface area contributed by atoms with Crippen LogP contribution < -0.4 is 15.0 Å². The number of rotatable bonds is 9. The molecule has 1 aliphatic rings. The summed E-state index contributed by atoms with van der Waals surface area (Å²) in [4.78, 5) is 14.4. The SMILES string of the molecule is Cc1ccc(OCCCC(=O)NCCCN2CCCc3ccccc32)cc1. The quantitative estimate of drug-likeness (QED) is 0.679. The molecule has 0 fully saturated rings. The molecule has 2 aromatic rings. The predicted octanol–water partition coefficient (Wildman–Crippen LogP) is 4.11. The number of benzene rings is 2. The third-order valence-corrected chi connectivity index (χ3v) is 4.97. The van der Waals surface area contributed by atoms with Crippen molar-refractivity contribution < 1.29 is 9.53 Å². The Balaban J connectivity index is 1.27. The lowest BCUT2D eigenvalue weighted by Crippen LogP contribution is -2.33. The summed E-state index contributed by atoms with van der Waals surface area (Å²) in [6.45, 7) is 5.46. The molecule has 27 heavy (non-hydrogen) atoms. The molecule has 0 aromatic heterocycles. The van der Waals surface area contributed by atoms with Gasteiger partial charge in [0.25, 0.3) is 0 Å². The second kappa shape index (κ2) is 10.0. The van der Waals surface area contributed by atoms with E-state index in [2.05, 4.69) is 41.4 Å². The van der Waals surface area contributed by atoms with Gasteiger partial charge in [-0.1, -0.05) is 35.9 Å². The molecule has 0 saturated carbocycles. The van der Waals surface area contributed by atoms with Crippen molar-refractivity contribution in [1.82, 2.24) is 5.32 Å². The number of amides is 1. The molecule has 2 aromatic carbocycles. The topological polar surface area (TPSA) is 41.6 Å². The Kier molecular flexibility index (Phi) is 7.14. The molecule has 0 radical (unpaired) electrons. The zero-order valence-electron chi connectivity index (χ0n) is 16.2. The van der Waals surface area contributed by atoms with Gasteiger partial charge >= 0.3 is 0 Å². The maximum absolute atomic E-state index is 12.0. The summed E-state index contributed by atoms with van der Waals surface area (Å²) in [5.74, 6) is 0.976. The lowest BCUT2D eigenvalue weighted by Gasteiger charge is -2.31. The molecule has 0 saturated heterocycles. The van der Waals surface area contributed by atoms with Gasteiger partial charge in [-0.05, 0) is 56.4 Å². The normalized spacial score (nSPS) is 13.1. The molecule has 0 unspecified atom stereocenters. The summed E-state index contributed by atoms with van der Waals surface area (Å²) in [6.07, 6.45) is 4.61. The number of fused-ring (bicyclic) bond motifs is 1. The third-order valence-electron chi connectivity index (χ3n) is 4.97. The average Bonchev–Trinajstić information content (AvgIpc) is 2.70. The Morgan fingerprint density at radius 2 is 1.93 bits per heavy atom. The third kappa shape index (κ3) is 6.02. The predicted molar refractivity (Wildman–Crippen MR) is 111 cm³/mol. The molecule has 4 heteroatoms. The fourth-order valence-electron chi connectivity index (χ4n) is 3.49. The van der Waals surface area contributed by atoms with Gasteiger partial charge in [0.1, 0.15) is 5.75 Å². The van der Waals surface area contributed by atoms with Gasteiger partial charge in [-0.25, -0.2) is 0 Å². The lowest BCUT2D eigenvalue weighted by atomic mass is 10.0. The first kappa shape index (κ1) is 19.3. The lowest BCUT2D eigenvalue weighted by molar-refractivity contribution is -0.121. The standard InChI is InChI=1S/C23H30N2O2/c1-19-11-13-21(14-12-19)27-18-5-10-23(26)24-15-6-17-25-16-4-8-20-7-2-3-9-22(20)25/h2-3,7,9,11-14H,4-6,8,10,15-18H2,1H3,(H,24,26). The van der Waals surface area contributed by atoms with E-state index < -0.39 is 0 Å². The average molecular weight is 367 g/mol. The van der Waals surface area contributed by atoms with Crippen LogP contribution in [0.5, 0.6) is 5.75 Å². The molecule has 4 nitrogen and oxygen atoms in total. The monoisotopic (exact) mass is 366 g/mol. The number of nitrogens with one attached hydrogen (secondary N) is 1. The van der Waals surface area contributed by atoms with Gasteiger partial charge in [0.15, 0.2) is 0 Å². The van der Waals surface area contributed by atoms with Crippen molar-refractivity contribution in [2.24, 2.45) is 0 Å². The molecule has 1 N–H and O–H groups in total. The van der Waals surface area contributed by atoms with Crippen molar-refractivity contribution in [2.45, 2.75) is 39.0 Å². The number of para-hydroxylation sites is 1. The Labute approximate surface area is 162 Å². The molecule has 0 spiro atoms. The zero-order chi connectivity index (χ0) is 18.9. The highest BCUT2D eigenvalue weighted by Gasteiger charge is 2.15. The van der Waals surface area contributed by atoms with Gasteiger partial charge in [0.05, 0.1) is 6.61 Å². The highest BCUT2D eigenvalue weighted by molar-refractivity contribution is 5.75. The molecule has 0 aliphatic carbocycles. The van der Waals surface area contributed by atoms with Gasteiger partial charge in [-0.3, -0.25) is 4.79 Å². The van der Waals surface area contributed by atoms with Gasteiger partial charge in [0.2, 0.25) is 5.91 Å². The van der Waals surface area contributed by atoms with E-state index in [1.54, 1.807) is 0 Å². The van der Waals surface area contributed by atoms with E-state index in [0.717, 1.165) is 38.2 Å². The highest BCUT2D eigenvalue weighted by atomic mass is 16.5. The summed E-state index contributed by atoms with van der Waals surface area (Å²) in [5, 5.41) is 3.03. The van der Waals surface area contributed by atoms with Crippen LogP contribution in [0.2, 0.25) is 0 Å². The zero-order valence-corrected chi connectivity index (χ0v) is 16.2. The second-order valence-electron chi connectivity index (χ2n) is 7.19. The van der Waals surface area contributed by atoms with Crippen LogP contribution in [0.15, 0.2) is 48.5 Å². The van der Waals surface area contributed by atoms with Gasteiger partial charge in [-0.15, -0.1) is 0 Å². The van der Waals surface area contributed by atoms with E-state index in [4.69, 9.17) is 4.74 Å². The van der Waals surface area contributed by atoms with E-state index in [-0.39, 0.29) is 5.91 Å². The van der Waals surface area contributed by atoms with Crippen molar-refractivity contribution >= 4 is 11.6 Å². The Morgan fingerprint density at radius 1 is 1.11 bits per heavy atom. The fraction of sp³-hybridized carbons (Fsp3) is 0.435. The highest BCUT2D eigenvalue weighted by Crippen LogP contribution is 2.26. The summed E-state index contributed by atoms with van der Waals surface area (Å²) in [7, 11) is 0. The first-order valence-corrected chi connectivity index (χ1v) is 10.0. The van der Waals surface area contributed by atoms with E-state index in [1.165, 1.54) is 29.7 Å². The van der Waals surface area contributed by atoms with Crippen LogP contribution >= 0.6 is 0 Å². The van der Waals surface area contributed by atoms with Crippen molar-refractivity contribution in [2.75, 3.05) is 31.1 Å².